The van der Waals surface area contributed by atoms with Gasteiger partial charge in [0, 0.05) is 0 Å². The molecule has 0 atom stereocenters. The van der Waals surface area contributed by atoms with Crippen molar-refractivity contribution in [2.75, 3.05) is 0 Å². The highest BCUT2D eigenvalue weighted by Crippen LogP contribution is 2.14. The third-order valence-corrected chi connectivity index (χ3v) is 0.985. The third kappa shape index (κ3) is 7.18. The third-order valence-electron chi connectivity index (χ3n) is 0.560. The van der Waals surface area contributed by atoms with E-state index >= 15 is 0 Å². The van der Waals surface area contributed by atoms with Crippen LogP contribution in [0.5, 0.6) is 0 Å². The molecule has 64 valence electrons. The second-order valence-electron chi connectivity index (χ2n) is 2.83. The minimum absolute atomic E-state index is 0.137. The molecular formula is C6H10O4S. The lowest BCUT2D eigenvalue weighted by atomic mass is 10.2. The molecule has 0 heterocycles. The Balaban J connectivity index is 3.80. The van der Waals surface area contributed by atoms with Gasteiger partial charge in [0.05, 0.1) is 11.8 Å². The van der Waals surface area contributed by atoms with Gasteiger partial charge in [-0.1, -0.05) is 0 Å². The van der Waals surface area contributed by atoms with Crippen LogP contribution in [0.3, 0.4) is 0 Å². The monoisotopic (exact) mass is 178 g/mol. The normalized spacial score (nSPS) is 10.8. The molecule has 0 amide bonds. The van der Waals surface area contributed by atoms with Gasteiger partial charge in [0.1, 0.15) is 5.60 Å². The van der Waals surface area contributed by atoms with E-state index in [1.165, 1.54) is 0 Å². The van der Waals surface area contributed by atoms with E-state index in [0.717, 1.165) is 0 Å². The molecule has 4 nitrogen and oxygen atoms in total. The predicted molar refractivity (Wildman–Crippen MR) is 41.8 cm³/mol. The number of carbonyl (C=O) groups excluding carboxylic acids is 1. The van der Waals surface area contributed by atoms with Gasteiger partial charge in [0.15, 0.2) is 0 Å². The Bertz CT molecular complexity index is 170. The summed E-state index contributed by atoms with van der Waals surface area (Å²) in [6.07, 6.45) is 0. The molecule has 0 aromatic heterocycles. The zero-order valence-corrected chi connectivity index (χ0v) is 7.40. The Hall–Kier alpha value is -0.710. The minimum Gasteiger partial charge on any atom is -0.473 e. The number of hydrogen-bond donors (Lipinski definition) is 1. The van der Waals surface area contributed by atoms with Crippen LogP contribution in [0, 0.1) is 0 Å². The maximum Gasteiger partial charge on any atom is 0.378 e. The summed E-state index contributed by atoms with van der Waals surface area (Å²) >= 11 is 0.137. The van der Waals surface area contributed by atoms with Crippen LogP contribution in [0.25, 0.3) is 0 Å². The SMILES string of the molecule is CC(C)(C)OC(=O)SC(=O)O. The lowest BCUT2D eigenvalue weighted by Crippen LogP contribution is -2.21. The maximum atomic E-state index is 10.6. The van der Waals surface area contributed by atoms with Crippen molar-refractivity contribution in [3.05, 3.63) is 0 Å². The molecule has 0 unspecified atom stereocenters. The van der Waals surface area contributed by atoms with E-state index in [4.69, 9.17) is 9.84 Å². The van der Waals surface area contributed by atoms with Crippen LogP contribution in [0.4, 0.5) is 9.59 Å². The fourth-order valence-electron chi connectivity index (χ4n) is 0.342. The summed E-state index contributed by atoms with van der Waals surface area (Å²) in [5.41, 5.74) is -0.625. The van der Waals surface area contributed by atoms with Crippen LogP contribution in [0.15, 0.2) is 0 Å². The number of hydrogen-bond acceptors (Lipinski definition) is 4. The molecule has 0 aromatic rings. The van der Waals surface area contributed by atoms with E-state index < -0.39 is 16.2 Å². The molecule has 0 aliphatic rings. The number of carbonyl (C=O) groups is 2. The molecular weight excluding hydrogens is 168 g/mol. The summed E-state index contributed by atoms with van der Waals surface area (Å²) in [4.78, 5) is 20.6. The molecule has 0 saturated carbocycles. The molecule has 5 heteroatoms. The lowest BCUT2D eigenvalue weighted by molar-refractivity contribution is 0.0738. The van der Waals surface area contributed by atoms with Crippen LogP contribution in [-0.4, -0.2) is 21.3 Å². The second-order valence-corrected chi connectivity index (χ2v) is 3.72. The van der Waals surface area contributed by atoms with Crippen molar-refractivity contribution >= 4 is 22.4 Å². The van der Waals surface area contributed by atoms with Gasteiger partial charge in [0.25, 0.3) is 0 Å². The van der Waals surface area contributed by atoms with E-state index in [-0.39, 0.29) is 11.8 Å². The van der Waals surface area contributed by atoms with Crippen molar-refractivity contribution in [2.45, 2.75) is 26.4 Å². The lowest BCUT2D eigenvalue weighted by Gasteiger charge is -2.17. The first-order valence-corrected chi connectivity index (χ1v) is 3.76. The molecule has 0 fully saturated rings. The van der Waals surface area contributed by atoms with Crippen LogP contribution < -0.4 is 0 Å². The fourth-order valence-corrected chi connectivity index (χ4v) is 0.776. The van der Waals surface area contributed by atoms with Gasteiger partial charge in [-0.3, -0.25) is 0 Å². The Labute approximate surface area is 68.9 Å². The van der Waals surface area contributed by atoms with Gasteiger partial charge in [-0.05, 0) is 20.8 Å². The average molecular weight is 178 g/mol. The number of rotatable bonds is 0. The van der Waals surface area contributed by atoms with E-state index in [0.29, 0.717) is 0 Å². The van der Waals surface area contributed by atoms with Gasteiger partial charge in [-0.25, -0.2) is 9.59 Å². The largest absolute Gasteiger partial charge is 0.473 e. The fraction of sp³-hybridized carbons (Fsp3) is 0.667. The number of carboxylic acid groups (broad SMARTS) is 1. The molecule has 0 aliphatic carbocycles. The highest BCUT2D eigenvalue weighted by molar-refractivity contribution is 8.25. The van der Waals surface area contributed by atoms with Crippen LogP contribution >= 0.6 is 11.8 Å². The molecule has 0 bridgehead atoms. The summed E-state index contributed by atoms with van der Waals surface area (Å²) in [5.74, 6) is 0. The van der Waals surface area contributed by atoms with Crippen molar-refractivity contribution in [2.24, 2.45) is 0 Å². The van der Waals surface area contributed by atoms with Gasteiger partial charge in [0.2, 0.25) is 0 Å². The molecule has 0 spiro atoms. The summed E-state index contributed by atoms with van der Waals surface area (Å²) in [7, 11) is 0. The van der Waals surface area contributed by atoms with Gasteiger partial charge < -0.3 is 9.84 Å². The first-order chi connectivity index (χ1) is 4.81. The van der Waals surface area contributed by atoms with Crippen LogP contribution in [-0.2, 0) is 4.74 Å². The van der Waals surface area contributed by atoms with Gasteiger partial charge in [-0.2, -0.15) is 0 Å². The molecule has 1 N–H and O–H groups in total. The smallest absolute Gasteiger partial charge is 0.378 e. The number of thioether (sulfide) groups is 1. The summed E-state index contributed by atoms with van der Waals surface area (Å²) in [6.45, 7) is 5.02. The summed E-state index contributed by atoms with van der Waals surface area (Å²) in [6, 6.07) is 0. The van der Waals surface area contributed by atoms with Gasteiger partial charge in [-0.15, -0.1) is 0 Å². The predicted octanol–water partition coefficient (Wildman–Crippen LogP) is 2.33. The minimum atomic E-state index is -1.25. The molecule has 0 radical (unpaired) electrons. The molecule has 0 aromatic carbocycles. The maximum absolute atomic E-state index is 10.6. The van der Waals surface area contributed by atoms with Gasteiger partial charge >= 0.3 is 10.6 Å². The first-order valence-electron chi connectivity index (χ1n) is 2.95. The molecule has 0 saturated heterocycles. The molecule has 0 aliphatic heterocycles. The Morgan fingerprint density at radius 2 is 1.82 bits per heavy atom. The molecule has 11 heavy (non-hydrogen) atoms. The van der Waals surface area contributed by atoms with Crippen molar-refractivity contribution < 1.29 is 19.4 Å². The van der Waals surface area contributed by atoms with Crippen molar-refractivity contribution in [1.29, 1.82) is 0 Å². The van der Waals surface area contributed by atoms with Crippen molar-refractivity contribution in [3.63, 3.8) is 0 Å². The quantitative estimate of drug-likeness (QED) is 0.577. The first kappa shape index (κ1) is 10.3. The highest BCUT2D eigenvalue weighted by atomic mass is 32.2. The van der Waals surface area contributed by atoms with Crippen molar-refractivity contribution in [3.8, 4) is 0 Å². The average Bonchev–Trinajstić information content (AvgIpc) is 1.53. The molecule has 0 rings (SSSR count). The van der Waals surface area contributed by atoms with E-state index in [9.17, 15) is 9.59 Å². The van der Waals surface area contributed by atoms with Crippen LogP contribution in [0.1, 0.15) is 20.8 Å². The zero-order chi connectivity index (χ0) is 9.07. The zero-order valence-electron chi connectivity index (χ0n) is 6.58. The summed E-state index contributed by atoms with van der Waals surface area (Å²) < 4.78 is 4.69. The van der Waals surface area contributed by atoms with Crippen molar-refractivity contribution in [1.82, 2.24) is 0 Å². The summed E-state index contributed by atoms with van der Waals surface area (Å²) in [5, 5.41) is 6.11. The Morgan fingerprint density at radius 1 is 1.36 bits per heavy atom. The standard InChI is InChI=1S/C6H10O4S/c1-6(2,3)10-5(9)11-4(7)8/h1-3H3,(H,7,8). The topological polar surface area (TPSA) is 63.6 Å². The number of ether oxygens (including phenoxy) is 1. The van der Waals surface area contributed by atoms with E-state index in [1.807, 2.05) is 0 Å². The second kappa shape index (κ2) is 3.61. The van der Waals surface area contributed by atoms with E-state index in [1.54, 1.807) is 20.8 Å². The van der Waals surface area contributed by atoms with Crippen LogP contribution in [0.2, 0.25) is 0 Å². The highest BCUT2D eigenvalue weighted by Gasteiger charge is 2.18. The Kier molecular flexibility index (Phi) is 3.38. The Morgan fingerprint density at radius 3 is 2.09 bits per heavy atom. The van der Waals surface area contributed by atoms with E-state index in [2.05, 4.69) is 0 Å².